The van der Waals surface area contributed by atoms with Gasteiger partial charge in [-0.2, -0.15) is 0 Å². The number of ether oxygens (including phenoxy) is 1. The van der Waals surface area contributed by atoms with Crippen molar-refractivity contribution in [2.45, 2.75) is 25.0 Å². The highest BCUT2D eigenvalue weighted by atomic mass is 16.5. The molecule has 4 rings (SSSR count). The van der Waals surface area contributed by atoms with Gasteiger partial charge in [0.05, 0.1) is 19.6 Å². The number of carbonyl (C=O) groups is 2. The molecule has 1 aromatic carbocycles. The first-order chi connectivity index (χ1) is 15.6. The molecule has 1 aliphatic rings. The third-order valence-corrected chi connectivity index (χ3v) is 5.50. The van der Waals surface area contributed by atoms with E-state index in [2.05, 4.69) is 15.3 Å². The maximum atomic E-state index is 13.4. The van der Waals surface area contributed by atoms with E-state index in [0.717, 1.165) is 11.3 Å². The van der Waals surface area contributed by atoms with Crippen LogP contribution in [0.3, 0.4) is 0 Å². The van der Waals surface area contributed by atoms with Crippen LogP contribution in [0, 0.1) is 0 Å². The fraction of sp³-hybridized carbons (Fsp3) is 0.280. The number of morpholine rings is 1. The van der Waals surface area contributed by atoms with Crippen LogP contribution in [0.2, 0.25) is 0 Å². The summed E-state index contributed by atoms with van der Waals surface area (Å²) < 4.78 is 6.09. The van der Waals surface area contributed by atoms with Gasteiger partial charge in [0.1, 0.15) is 0 Å². The molecule has 1 fully saturated rings. The van der Waals surface area contributed by atoms with Crippen LogP contribution in [0.5, 0.6) is 0 Å². The lowest BCUT2D eigenvalue weighted by atomic mass is 9.93. The minimum Gasteiger partial charge on any atom is -0.361 e. The normalized spacial score (nSPS) is 18.2. The number of hydrogen-bond donors (Lipinski definition) is 1. The first-order valence-electron chi connectivity index (χ1n) is 10.7. The SMILES string of the molecule is O=C(Cc1ccccn1)N1CCO[C@](Cc2ccccn2)(C(=O)NCc2ccccc2)C1. The Kier molecular flexibility index (Phi) is 6.87. The molecule has 32 heavy (non-hydrogen) atoms. The summed E-state index contributed by atoms with van der Waals surface area (Å²) in [6.45, 7) is 1.26. The van der Waals surface area contributed by atoms with Crippen molar-refractivity contribution in [3.63, 3.8) is 0 Å². The molecule has 3 aromatic rings. The van der Waals surface area contributed by atoms with Gasteiger partial charge in [-0.25, -0.2) is 0 Å². The summed E-state index contributed by atoms with van der Waals surface area (Å²) in [5.74, 6) is -0.324. The molecule has 164 valence electrons. The number of carbonyl (C=O) groups excluding carboxylic acids is 2. The number of nitrogens with one attached hydrogen (secondary N) is 1. The van der Waals surface area contributed by atoms with Crippen LogP contribution in [0.4, 0.5) is 0 Å². The molecular weight excluding hydrogens is 404 g/mol. The molecule has 7 heteroatoms. The smallest absolute Gasteiger partial charge is 0.254 e. The zero-order valence-corrected chi connectivity index (χ0v) is 17.8. The minimum atomic E-state index is -1.21. The fourth-order valence-electron chi connectivity index (χ4n) is 3.83. The predicted molar refractivity (Wildman–Crippen MR) is 119 cm³/mol. The fourth-order valence-corrected chi connectivity index (χ4v) is 3.83. The van der Waals surface area contributed by atoms with Crippen molar-refractivity contribution in [1.29, 1.82) is 0 Å². The van der Waals surface area contributed by atoms with E-state index in [4.69, 9.17) is 4.74 Å². The molecule has 1 atom stereocenters. The van der Waals surface area contributed by atoms with Gasteiger partial charge < -0.3 is 15.0 Å². The Morgan fingerprint density at radius 1 is 0.938 bits per heavy atom. The van der Waals surface area contributed by atoms with Gasteiger partial charge in [-0.3, -0.25) is 19.6 Å². The number of pyridine rings is 2. The van der Waals surface area contributed by atoms with Gasteiger partial charge in [-0.15, -0.1) is 0 Å². The predicted octanol–water partition coefficient (Wildman–Crippen LogP) is 2.18. The largest absolute Gasteiger partial charge is 0.361 e. The third-order valence-electron chi connectivity index (χ3n) is 5.50. The maximum Gasteiger partial charge on any atom is 0.254 e. The quantitative estimate of drug-likeness (QED) is 0.621. The van der Waals surface area contributed by atoms with E-state index in [9.17, 15) is 9.59 Å². The van der Waals surface area contributed by atoms with E-state index in [1.54, 1.807) is 17.3 Å². The van der Waals surface area contributed by atoms with E-state index in [-0.39, 0.29) is 37.8 Å². The molecular formula is C25H26N4O3. The topological polar surface area (TPSA) is 84.4 Å². The van der Waals surface area contributed by atoms with E-state index < -0.39 is 5.60 Å². The summed E-state index contributed by atoms with van der Waals surface area (Å²) in [6.07, 6.45) is 3.83. The van der Waals surface area contributed by atoms with Crippen molar-refractivity contribution in [1.82, 2.24) is 20.2 Å². The maximum absolute atomic E-state index is 13.4. The summed E-state index contributed by atoms with van der Waals surface area (Å²) in [4.78, 5) is 36.7. The first-order valence-corrected chi connectivity index (χ1v) is 10.7. The summed E-state index contributed by atoms with van der Waals surface area (Å²) in [5, 5.41) is 3.00. The van der Waals surface area contributed by atoms with Crippen molar-refractivity contribution >= 4 is 11.8 Å². The molecule has 0 spiro atoms. The number of rotatable bonds is 7. The molecule has 0 bridgehead atoms. The third kappa shape index (κ3) is 5.36. The lowest BCUT2D eigenvalue weighted by Crippen LogP contribution is -2.62. The van der Waals surface area contributed by atoms with Crippen LogP contribution in [0.25, 0.3) is 0 Å². The summed E-state index contributed by atoms with van der Waals surface area (Å²) in [7, 11) is 0. The van der Waals surface area contributed by atoms with Crippen LogP contribution in [0.15, 0.2) is 79.1 Å². The van der Waals surface area contributed by atoms with Crippen molar-refractivity contribution in [3.05, 3.63) is 96.1 Å². The number of amides is 2. The van der Waals surface area contributed by atoms with Gasteiger partial charge in [-0.05, 0) is 29.8 Å². The van der Waals surface area contributed by atoms with Gasteiger partial charge in [0.2, 0.25) is 5.91 Å². The van der Waals surface area contributed by atoms with Gasteiger partial charge in [0.15, 0.2) is 5.60 Å². The Hall–Kier alpha value is -3.58. The first kappa shape index (κ1) is 21.6. The van der Waals surface area contributed by atoms with E-state index in [1.807, 2.05) is 66.7 Å². The Bertz CT molecular complexity index is 1030. The van der Waals surface area contributed by atoms with Gasteiger partial charge in [0.25, 0.3) is 5.91 Å². The van der Waals surface area contributed by atoms with Crippen molar-refractivity contribution in [2.75, 3.05) is 19.7 Å². The summed E-state index contributed by atoms with van der Waals surface area (Å²) in [6, 6.07) is 20.8. The average Bonchev–Trinajstić information content (AvgIpc) is 2.84. The van der Waals surface area contributed by atoms with Gasteiger partial charge >= 0.3 is 0 Å². The van der Waals surface area contributed by atoms with Crippen LogP contribution < -0.4 is 5.32 Å². The molecule has 0 saturated carbocycles. The zero-order chi connectivity index (χ0) is 22.2. The van der Waals surface area contributed by atoms with E-state index in [1.165, 1.54) is 0 Å². The zero-order valence-electron chi connectivity index (χ0n) is 17.8. The van der Waals surface area contributed by atoms with E-state index in [0.29, 0.717) is 18.8 Å². The summed E-state index contributed by atoms with van der Waals surface area (Å²) >= 11 is 0. The second kappa shape index (κ2) is 10.2. The van der Waals surface area contributed by atoms with Crippen LogP contribution >= 0.6 is 0 Å². The Morgan fingerprint density at radius 2 is 1.62 bits per heavy atom. The molecule has 3 heterocycles. The highest BCUT2D eigenvalue weighted by Crippen LogP contribution is 2.24. The minimum absolute atomic E-state index is 0.0757. The molecule has 2 amide bonds. The standard InChI is InChI=1S/C25H26N4O3/c30-23(16-21-10-4-6-12-26-21)29-14-15-32-25(19-29,17-22-11-5-7-13-27-22)24(31)28-18-20-8-2-1-3-9-20/h1-13H,14-19H2,(H,28,31)/t25-/m0/s1. The average molecular weight is 431 g/mol. The van der Waals surface area contributed by atoms with E-state index >= 15 is 0 Å². The van der Waals surface area contributed by atoms with Crippen LogP contribution in [-0.4, -0.2) is 52.0 Å². The van der Waals surface area contributed by atoms with Gasteiger partial charge in [-0.1, -0.05) is 42.5 Å². The molecule has 7 nitrogen and oxygen atoms in total. The second-order valence-electron chi connectivity index (χ2n) is 7.82. The lowest BCUT2D eigenvalue weighted by molar-refractivity contribution is -0.166. The summed E-state index contributed by atoms with van der Waals surface area (Å²) in [5.41, 5.74) is 1.23. The van der Waals surface area contributed by atoms with Crippen LogP contribution in [0.1, 0.15) is 17.0 Å². The monoisotopic (exact) mass is 430 g/mol. The van der Waals surface area contributed by atoms with Gasteiger partial charge in [0, 0.05) is 43.3 Å². The molecule has 0 radical (unpaired) electrons. The molecule has 2 aromatic heterocycles. The Morgan fingerprint density at radius 3 is 2.31 bits per heavy atom. The highest BCUT2D eigenvalue weighted by Gasteiger charge is 2.45. The number of nitrogens with zero attached hydrogens (tertiary/aromatic N) is 3. The van der Waals surface area contributed by atoms with Crippen molar-refractivity contribution in [3.8, 4) is 0 Å². The van der Waals surface area contributed by atoms with Crippen molar-refractivity contribution in [2.24, 2.45) is 0 Å². The molecule has 1 aliphatic heterocycles. The van der Waals surface area contributed by atoms with Crippen LogP contribution in [-0.2, 0) is 33.7 Å². The Labute approximate surface area is 187 Å². The number of aromatic nitrogens is 2. The lowest BCUT2D eigenvalue weighted by Gasteiger charge is -2.41. The number of benzene rings is 1. The highest BCUT2D eigenvalue weighted by molar-refractivity contribution is 5.87. The number of hydrogen-bond acceptors (Lipinski definition) is 5. The molecule has 0 unspecified atom stereocenters. The second-order valence-corrected chi connectivity index (χ2v) is 7.82. The molecule has 0 aliphatic carbocycles. The van der Waals surface area contributed by atoms with Crippen molar-refractivity contribution < 1.29 is 14.3 Å². The Balaban J connectivity index is 1.52. The molecule has 1 N–H and O–H groups in total. The molecule has 1 saturated heterocycles.